The number of nitrogens with two attached hydrogens (primary N) is 1. The Morgan fingerprint density at radius 1 is 1.44 bits per heavy atom. The summed E-state index contributed by atoms with van der Waals surface area (Å²) in [5, 5.41) is 21.9. The standard InChI is InChI=1S/C11H11B2BrFN7O4S/c12-11(13,22-27(16,24)25)4-17-9-8(20-26-21-9)10(19-23)18-5-1-2-7(15)6(14)3-5/h1-3,22-23H,4H2,(H,17,21)(H,18,19)(H2,16,24,25). The molecule has 4 radical (unpaired) electrons. The number of hydrogen-bond acceptors (Lipinski definition) is 8. The predicted molar refractivity (Wildman–Crippen MR) is 98.5 cm³/mol. The smallest absolute Gasteiger partial charge is 0.273 e. The molecule has 6 N–H and O–H groups in total. The monoisotopic (exact) mass is 457 g/mol. The lowest BCUT2D eigenvalue weighted by molar-refractivity contribution is 0.234. The Bertz CT molecular complexity index is 956. The maximum Gasteiger partial charge on any atom is 0.273 e. The molecule has 0 saturated carbocycles. The summed E-state index contributed by atoms with van der Waals surface area (Å²) in [6, 6.07) is 3.86. The lowest BCUT2D eigenvalue weighted by Crippen LogP contribution is -2.56. The van der Waals surface area contributed by atoms with Crippen molar-refractivity contribution < 1.29 is 22.6 Å². The van der Waals surface area contributed by atoms with Crippen molar-refractivity contribution in [2.75, 3.05) is 11.9 Å². The first-order chi connectivity index (χ1) is 12.5. The van der Waals surface area contributed by atoms with E-state index in [1.807, 2.05) is 5.48 Å². The van der Waals surface area contributed by atoms with Gasteiger partial charge in [-0.2, -0.15) is 8.42 Å². The van der Waals surface area contributed by atoms with Crippen LogP contribution in [0.3, 0.4) is 0 Å². The summed E-state index contributed by atoms with van der Waals surface area (Å²) in [6.45, 7) is -0.383. The molecular formula is C11H11B2BrFN7O4S. The predicted octanol–water partition coefficient (Wildman–Crippen LogP) is -0.776. The molecule has 1 aromatic heterocycles. The summed E-state index contributed by atoms with van der Waals surface area (Å²) in [6.07, 6.45) is 0. The first kappa shape index (κ1) is 21.3. The van der Waals surface area contributed by atoms with E-state index < -0.39 is 21.4 Å². The second kappa shape index (κ2) is 8.35. The molecule has 0 spiro atoms. The number of aliphatic imine (C=N–C) groups is 1. The highest BCUT2D eigenvalue weighted by Crippen LogP contribution is 2.23. The number of aromatic nitrogens is 2. The van der Waals surface area contributed by atoms with E-state index in [1.165, 1.54) is 12.1 Å². The average Bonchev–Trinajstić information content (AvgIpc) is 3.00. The molecule has 0 atom stereocenters. The molecule has 16 heteroatoms. The summed E-state index contributed by atoms with van der Waals surface area (Å²) in [4.78, 5) is 4.05. The summed E-state index contributed by atoms with van der Waals surface area (Å²) in [5.41, 5.74) is 1.97. The van der Waals surface area contributed by atoms with Crippen LogP contribution < -0.4 is 20.7 Å². The molecule has 27 heavy (non-hydrogen) atoms. The molecular weight excluding hydrogens is 447 g/mol. The number of hydroxylamine groups is 1. The lowest BCUT2D eigenvalue weighted by atomic mass is 9.63. The lowest BCUT2D eigenvalue weighted by Gasteiger charge is -2.25. The number of hydrogen-bond donors (Lipinski definition) is 5. The summed E-state index contributed by atoms with van der Waals surface area (Å²) >= 11 is 3.01. The van der Waals surface area contributed by atoms with Crippen molar-refractivity contribution >= 4 is 59.2 Å². The van der Waals surface area contributed by atoms with Crippen LogP contribution in [0.4, 0.5) is 15.9 Å². The molecule has 0 aliphatic rings. The third kappa shape index (κ3) is 6.28. The van der Waals surface area contributed by atoms with Crippen LogP contribution in [0.25, 0.3) is 0 Å². The van der Waals surface area contributed by atoms with Crippen LogP contribution >= 0.6 is 15.9 Å². The van der Waals surface area contributed by atoms with E-state index in [-0.39, 0.29) is 34.1 Å². The van der Waals surface area contributed by atoms with E-state index in [4.69, 9.17) is 20.8 Å². The molecule has 1 heterocycles. The van der Waals surface area contributed by atoms with Crippen LogP contribution in [-0.2, 0) is 10.2 Å². The Morgan fingerprint density at radius 2 is 2.15 bits per heavy atom. The fourth-order valence-corrected chi connectivity index (χ4v) is 2.77. The van der Waals surface area contributed by atoms with Gasteiger partial charge in [0.15, 0.2) is 11.5 Å². The Labute approximate surface area is 164 Å². The fraction of sp³-hybridized carbons (Fsp3) is 0.182. The number of halogens is 2. The Balaban J connectivity index is 2.23. The molecule has 1 aromatic carbocycles. The van der Waals surface area contributed by atoms with E-state index in [0.717, 1.165) is 6.07 Å². The van der Waals surface area contributed by atoms with Crippen molar-refractivity contribution in [3.63, 3.8) is 0 Å². The van der Waals surface area contributed by atoms with Crippen molar-refractivity contribution in [1.82, 2.24) is 20.5 Å². The molecule has 0 fully saturated rings. The van der Waals surface area contributed by atoms with Gasteiger partial charge in [-0.05, 0) is 49.8 Å². The molecule has 0 amide bonds. The Kier molecular flexibility index (Phi) is 6.59. The van der Waals surface area contributed by atoms with Crippen molar-refractivity contribution in [1.29, 1.82) is 0 Å². The summed E-state index contributed by atoms with van der Waals surface area (Å²) in [5.74, 6) is -0.785. The minimum Gasteiger partial charge on any atom is -0.365 e. The van der Waals surface area contributed by atoms with Crippen molar-refractivity contribution in [2.24, 2.45) is 10.1 Å². The number of nitrogens with zero attached hydrogens (tertiary/aromatic N) is 3. The van der Waals surface area contributed by atoms with Crippen molar-refractivity contribution in [3.05, 3.63) is 34.2 Å². The second-order valence-corrected chi connectivity index (χ2v) is 7.32. The fourth-order valence-electron chi connectivity index (χ4n) is 1.81. The van der Waals surface area contributed by atoms with E-state index in [2.05, 4.69) is 41.2 Å². The van der Waals surface area contributed by atoms with E-state index in [1.54, 1.807) is 4.72 Å². The summed E-state index contributed by atoms with van der Waals surface area (Å²) < 4.78 is 41.9. The number of benzene rings is 1. The van der Waals surface area contributed by atoms with Gasteiger partial charge in [-0.1, -0.05) is 0 Å². The second-order valence-electron chi connectivity index (χ2n) is 5.17. The zero-order chi connectivity index (χ0) is 20.2. The van der Waals surface area contributed by atoms with E-state index in [9.17, 15) is 18.0 Å². The zero-order valence-electron chi connectivity index (χ0n) is 13.3. The number of rotatable bonds is 7. The molecule has 0 unspecified atom stereocenters. The third-order valence-electron chi connectivity index (χ3n) is 2.84. The van der Waals surface area contributed by atoms with Gasteiger partial charge in [-0.3, -0.25) is 10.7 Å². The first-order valence-corrected chi connectivity index (χ1v) is 9.25. The van der Waals surface area contributed by atoms with Crippen LogP contribution in [0.15, 0.2) is 32.3 Å². The maximum atomic E-state index is 13.3. The van der Waals surface area contributed by atoms with Gasteiger partial charge in [0.05, 0.1) is 25.9 Å². The summed E-state index contributed by atoms with van der Waals surface area (Å²) in [7, 11) is 6.96. The molecule has 11 nitrogen and oxygen atoms in total. The van der Waals surface area contributed by atoms with Gasteiger partial charge >= 0.3 is 0 Å². The van der Waals surface area contributed by atoms with Gasteiger partial charge in [0.1, 0.15) is 5.82 Å². The highest BCUT2D eigenvalue weighted by atomic mass is 79.9. The highest BCUT2D eigenvalue weighted by molar-refractivity contribution is 9.10. The number of amidine groups is 1. The Morgan fingerprint density at radius 3 is 2.74 bits per heavy atom. The van der Waals surface area contributed by atoms with Crippen LogP contribution in [0.2, 0.25) is 0 Å². The highest BCUT2D eigenvalue weighted by Gasteiger charge is 2.24. The number of anilines is 1. The molecule has 2 aromatic rings. The quantitative estimate of drug-likeness (QED) is 0.156. The van der Waals surface area contributed by atoms with Crippen molar-refractivity contribution in [3.8, 4) is 0 Å². The molecule has 2 rings (SSSR count). The van der Waals surface area contributed by atoms with E-state index in [0.29, 0.717) is 0 Å². The molecule has 140 valence electrons. The minimum atomic E-state index is -4.16. The van der Waals surface area contributed by atoms with Crippen LogP contribution in [0.1, 0.15) is 5.69 Å². The van der Waals surface area contributed by atoms with Gasteiger partial charge in [-0.15, -0.1) is 0 Å². The molecule has 0 aliphatic carbocycles. The zero-order valence-corrected chi connectivity index (χ0v) is 15.8. The van der Waals surface area contributed by atoms with Crippen LogP contribution in [-0.4, -0.2) is 57.3 Å². The largest absolute Gasteiger partial charge is 0.365 e. The first-order valence-electron chi connectivity index (χ1n) is 6.91. The van der Waals surface area contributed by atoms with Crippen LogP contribution in [0, 0.1) is 5.82 Å². The number of nitrogens with one attached hydrogen (secondary N) is 3. The normalized spacial score (nSPS) is 12.8. The van der Waals surface area contributed by atoms with Gasteiger partial charge in [0, 0.05) is 6.54 Å². The minimum absolute atomic E-state index is 0.0760. The SMILES string of the molecule is [B]C([B])(CNc1nonc1C(=Nc1ccc(F)c(Br)c1)NO)NS(N)(=O)=O. The van der Waals surface area contributed by atoms with Gasteiger partial charge < -0.3 is 5.32 Å². The van der Waals surface area contributed by atoms with Gasteiger partial charge in [-0.25, -0.2) is 23.9 Å². The maximum absolute atomic E-state index is 13.3. The van der Waals surface area contributed by atoms with Crippen molar-refractivity contribution in [2.45, 2.75) is 5.34 Å². The molecule has 0 saturated heterocycles. The Hall–Kier alpha value is -2.00. The third-order valence-corrected chi connectivity index (χ3v) is 4.12. The van der Waals surface area contributed by atoms with Gasteiger partial charge in [0.2, 0.25) is 5.82 Å². The topological polar surface area (TPSA) is 168 Å². The van der Waals surface area contributed by atoms with E-state index >= 15 is 0 Å². The van der Waals surface area contributed by atoms with Crippen LogP contribution in [0.5, 0.6) is 0 Å². The average molecular weight is 458 g/mol. The molecule has 0 bridgehead atoms. The van der Waals surface area contributed by atoms with Gasteiger partial charge in [0.25, 0.3) is 10.2 Å². The molecule has 0 aliphatic heterocycles.